The van der Waals surface area contributed by atoms with Gasteiger partial charge in [-0.3, -0.25) is 0 Å². The summed E-state index contributed by atoms with van der Waals surface area (Å²) < 4.78 is 5.87. The van der Waals surface area contributed by atoms with Crippen molar-refractivity contribution in [2.24, 2.45) is 0 Å². The van der Waals surface area contributed by atoms with Crippen LogP contribution in [0.4, 0.5) is 0 Å². The van der Waals surface area contributed by atoms with E-state index in [1.165, 1.54) is 0 Å². The summed E-state index contributed by atoms with van der Waals surface area (Å²) in [6.45, 7) is 8.34. The fourth-order valence-electron chi connectivity index (χ4n) is 2.51. The maximum absolute atomic E-state index is 5.87. The molecule has 2 saturated heterocycles. The van der Waals surface area contributed by atoms with Crippen LogP contribution in [-0.2, 0) is 4.74 Å². The van der Waals surface area contributed by atoms with Crippen molar-refractivity contribution in [2.75, 3.05) is 13.2 Å². The first kappa shape index (κ1) is 10.2. The van der Waals surface area contributed by atoms with Gasteiger partial charge in [-0.05, 0) is 39.4 Å². The molecule has 0 amide bonds. The Hall–Kier alpha value is -0.350. The van der Waals surface area contributed by atoms with Gasteiger partial charge in [0.15, 0.2) is 5.11 Å². The second-order valence-corrected chi connectivity index (χ2v) is 5.41. The highest BCUT2D eigenvalue weighted by atomic mass is 32.1. The monoisotopic (exact) mass is 214 g/mol. The number of thiocarbonyl (C=S) groups is 1. The van der Waals surface area contributed by atoms with Crippen molar-refractivity contribution in [3.63, 3.8) is 0 Å². The molecule has 0 aliphatic carbocycles. The molecule has 2 aliphatic heterocycles. The van der Waals surface area contributed by atoms with E-state index in [1.54, 1.807) is 0 Å². The molecule has 0 aromatic rings. The van der Waals surface area contributed by atoms with Gasteiger partial charge in [-0.1, -0.05) is 0 Å². The van der Waals surface area contributed by atoms with E-state index in [-0.39, 0.29) is 11.3 Å². The summed E-state index contributed by atoms with van der Waals surface area (Å²) in [4.78, 5) is 2.18. The van der Waals surface area contributed by atoms with Gasteiger partial charge < -0.3 is 15.0 Å². The van der Waals surface area contributed by atoms with Gasteiger partial charge >= 0.3 is 0 Å². The van der Waals surface area contributed by atoms with E-state index in [0.29, 0.717) is 0 Å². The Morgan fingerprint density at radius 1 is 1.43 bits per heavy atom. The molecule has 2 rings (SSSR count). The first-order valence-electron chi connectivity index (χ1n) is 5.17. The first-order valence-corrected chi connectivity index (χ1v) is 5.58. The summed E-state index contributed by atoms with van der Waals surface area (Å²) in [5.41, 5.74) is -0.149. The molecule has 1 atom stereocenters. The van der Waals surface area contributed by atoms with Crippen LogP contribution in [0.1, 0.15) is 33.6 Å². The molecule has 1 N–H and O–H groups in total. The van der Waals surface area contributed by atoms with Crippen LogP contribution in [0.15, 0.2) is 0 Å². The third-order valence-corrected chi connectivity index (χ3v) is 3.29. The summed E-state index contributed by atoms with van der Waals surface area (Å²) in [6, 6.07) is 0. The predicted molar refractivity (Wildman–Crippen MR) is 60.1 cm³/mol. The first-order chi connectivity index (χ1) is 6.43. The van der Waals surface area contributed by atoms with Gasteiger partial charge in [-0.25, -0.2) is 0 Å². The Bertz CT molecular complexity index is 267. The fraction of sp³-hybridized carbons (Fsp3) is 0.900. The van der Waals surface area contributed by atoms with Crippen molar-refractivity contribution in [3.05, 3.63) is 0 Å². The van der Waals surface area contributed by atoms with Crippen molar-refractivity contribution in [1.29, 1.82) is 0 Å². The second kappa shape index (κ2) is 3.07. The molecule has 14 heavy (non-hydrogen) atoms. The van der Waals surface area contributed by atoms with Crippen LogP contribution in [0, 0.1) is 0 Å². The summed E-state index contributed by atoms with van der Waals surface area (Å²) in [7, 11) is 0. The molecule has 0 aromatic heterocycles. The molecular weight excluding hydrogens is 196 g/mol. The van der Waals surface area contributed by atoms with Crippen LogP contribution in [0.5, 0.6) is 0 Å². The van der Waals surface area contributed by atoms with Crippen molar-refractivity contribution in [1.82, 2.24) is 10.2 Å². The van der Waals surface area contributed by atoms with Gasteiger partial charge in [-0.2, -0.15) is 0 Å². The summed E-state index contributed by atoms with van der Waals surface area (Å²) in [5, 5.41) is 4.19. The van der Waals surface area contributed by atoms with Crippen LogP contribution in [0.2, 0.25) is 0 Å². The normalized spacial score (nSPS) is 36.2. The summed E-state index contributed by atoms with van der Waals surface area (Å²) >= 11 is 5.36. The molecule has 2 heterocycles. The molecule has 0 aromatic carbocycles. The van der Waals surface area contributed by atoms with Crippen LogP contribution < -0.4 is 5.32 Å². The highest BCUT2D eigenvalue weighted by Gasteiger charge is 2.46. The Balaban J connectivity index is 2.25. The van der Waals surface area contributed by atoms with Gasteiger partial charge in [0.2, 0.25) is 0 Å². The molecule has 4 heteroatoms. The third-order valence-electron chi connectivity index (χ3n) is 2.97. The lowest BCUT2D eigenvalue weighted by Gasteiger charge is -2.54. The van der Waals surface area contributed by atoms with E-state index in [0.717, 1.165) is 31.1 Å². The van der Waals surface area contributed by atoms with Gasteiger partial charge in [0, 0.05) is 18.5 Å². The van der Waals surface area contributed by atoms with Gasteiger partial charge in [-0.15, -0.1) is 0 Å². The molecular formula is C10H18N2OS. The van der Waals surface area contributed by atoms with Crippen molar-refractivity contribution in [2.45, 2.75) is 44.9 Å². The van der Waals surface area contributed by atoms with Crippen molar-refractivity contribution >= 4 is 17.3 Å². The maximum atomic E-state index is 5.87. The Kier molecular flexibility index (Phi) is 2.23. The zero-order valence-electron chi connectivity index (χ0n) is 9.09. The number of nitrogens with one attached hydrogen (secondary N) is 1. The fourth-order valence-corrected chi connectivity index (χ4v) is 3.07. The number of hydrogen-bond donors (Lipinski definition) is 1. The van der Waals surface area contributed by atoms with E-state index in [2.05, 4.69) is 31.0 Å². The lowest BCUT2D eigenvalue weighted by Crippen LogP contribution is -2.68. The van der Waals surface area contributed by atoms with Crippen molar-refractivity contribution in [3.8, 4) is 0 Å². The maximum Gasteiger partial charge on any atom is 0.171 e. The Labute approximate surface area is 90.8 Å². The minimum absolute atomic E-state index is 0.0413. The van der Waals surface area contributed by atoms with Crippen molar-refractivity contribution < 1.29 is 4.74 Å². The number of nitrogens with zero attached hydrogens (tertiary/aromatic N) is 1. The Morgan fingerprint density at radius 2 is 2.14 bits per heavy atom. The van der Waals surface area contributed by atoms with Crippen LogP contribution in [0.3, 0.4) is 0 Å². The molecule has 0 spiro atoms. The van der Waals surface area contributed by atoms with Crippen LogP contribution in [0.25, 0.3) is 0 Å². The van der Waals surface area contributed by atoms with E-state index in [4.69, 9.17) is 17.0 Å². The predicted octanol–water partition coefficient (Wildman–Crippen LogP) is 1.48. The average molecular weight is 214 g/mol. The smallest absolute Gasteiger partial charge is 0.171 e. The molecule has 3 nitrogen and oxygen atoms in total. The highest BCUT2D eigenvalue weighted by molar-refractivity contribution is 7.80. The average Bonchev–Trinajstić information content (AvgIpc) is 1.99. The lowest BCUT2D eigenvalue weighted by molar-refractivity contribution is -0.166. The van der Waals surface area contributed by atoms with E-state index in [1.807, 2.05) is 0 Å². The van der Waals surface area contributed by atoms with Crippen LogP contribution in [-0.4, -0.2) is 34.4 Å². The Morgan fingerprint density at radius 3 is 2.86 bits per heavy atom. The molecule has 0 saturated carbocycles. The molecule has 0 unspecified atom stereocenters. The molecule has 0 bridgehead atoms. The van der Waals surface area contributed by atoms with E-state index < -0.39 is 0 Å². The topological polar surface area (TPSA) is 24.5 Å². The van der Waals surface area contributed by atoms with E-state index in [9.17, 15) is 0 Å². The summed E-state index contributed by atoms with van der Waals surface area (Å²) in [5.74, 6) is 0. The van der Waals surface area contributed by atoms with E-state index >= 15 is 0 Å². The largest absolute Gasteiger partial charge is 0.357 e. The third kappa shape index (κ3) is 1.61. The minimum atomic E-state index is -0.190. The standard InChI is InChI=1S/C10H18N2OS/c1-9(2)7-10(3)12(8(14)11-9)5-4-6-13-10/h4-7H2,1-3H3,(H,11,14)/t10-/m1/s1. The quantitative estimate of drug-likeness (QED) is 0.617. The van der Waals surface area contributed by atoms with Gasteiger partial charge in [0.25, 0.3) is 0 Å². The van der Waals surface area contributed by atoms with Gasteiger partial charge in [0.05, 0.1) is 6.61 Å². The van der Waals surface area contributed by atoms with Crippen LogP contribution >= 0.6 is 12.2 Å². The second-order valence-electron chi connectivity index (χ2n) is 5.02. The molecule has 2 fully saturated rings. The molecule has 80 valence electrons. The lowest BCUT2D eigenvalue weighted by atomic mass is 9.89. The zero-order valence-corrected chi connectivity index (χ0v) is 9.91. The number of fused-ring (bicyclic) bond motifs is 1. The summed E-state index contributed by atoms with van der Waals surface area (Å²) in [6.07, 6.45) is 2.04. The number of rotatable bonds is 0. The highest BCUT2D eigenvalue weighted by Crippen LogP contribution is 2.34. The minimum Gasteiger partial charge on any atom is -0.357 e. The number of ether oxygens (including phenoxy) is 1. The SMILES string of the molecule is CC1(C)C[C@@]2(C)OCCCN2C(=S)N1. The molecule has 2 aliphatic rings. The molecule has 0 radical (unpaired) electrons. The zero-order chi connectivity index (χ0) is 10.4. The number of hydrogen-bond acceptors (Lipinski definition) is 2. The van der Waals surface area contributed by atoms with Gasteiger partial charge in [0.1, 0.15) is 5.72 Å².